The van der Waals surface area contributed by atoms with Crippen molar-refractivity contribution in [3.63, 3.8) is 0 Å². The molecular weight excluding hydrogens is 287 g/mol. The number of carbonyl (C=O) groups is 1. The zero-order chi connectivity index (χ0) is 15.9. The van der Waals surface area contributed by atoms with Crippen molar-refractivity contribution >= 4 is 5.91 Å². The molecule has 118 valence electrons. The second-order valence-electron chi connectivity index (χ2n) is 4.72. The summed E-state index contributed by atoms with van der Waals surface area (Å²) in [7, 11) is 2.25. The third-order valence-corrected chi connectivity index (χ3v) is 2.74. The van der Waals surface area contributed by atoms with Crippen molar-refractivity contribution in [2.75, 3.05) is 14.2 Å². The molecular formula is C10H16F3NO6. The number of hydroxylamine groups is 2. The highest BCUT2D eigenvalue weighted by atomic mass is 19.4. The first-order valence-electron chi connectivity index (χ1n) is 5.52. The summed E-state index contributed by atoms with van der Waals surface area (Å²) in [5.74, 6) is -6.88. The van der Waals surface area contributed by atoms with Crippen molar-refractivity contribution in [3.8, 4) is 0 Å². The van der Waals surface area contributed by atoms with Gasteiger partial charge < -0.3 is 19.7 Å². The van der Waals surface area contributed by atoms with Crippen LogP contribution in [0.5, 0.6) is 0 Å². The van der Waals surface area contributed by atoms with Crippen molar-refractivity contribution in [1.29, 1.82) is 0 Å². The van der Waals surface area contributed by atoms with Crippen molar-refractivity contribution in [2.45, 2.75) is 43.8 Å². The minimum Gasteiger partial charge on any atom is -0.357 e. The van der Waals surface area contributed by atoms with Crippen molar-refractivity contribution < 1.29 is 42.5 Å². The Morgan fingerprint density at radius 2 is 1.80 bits per heavy atom. The second-order valence-corrected chi connectivity index (χ2v) is 4.72. The molecule has 0 aliphatic carbocycles. The summed E-state index contributed by atoms with van der Waals surface area (Å²) < 4.78 is 47.8. The normalized spacial score (nSPS) is 26.6. The maximum atomic E-state index is 12.7. The van der Waals surface area contributed by atoms with Crippen LogP contribution in [-0.4, -0.2) is 65.3 Å². The van der Waals surface area contributed by atoms with Gasteiger partial charge in [-0.1, -0.05) is 0 Å². The number of ether oxygens (including phenoxy) is 2. The van der Waals surface area contributed by atoms with Gasteiger partial charge in [0.15, 0.2) is 18.0 Å². The summed E-state index contributed by atoms with van der Waals surface area (Å²) in [5.41, 5.74) is 0. The average molecular weight is 303 g/mol. The molecule has 0 aromatic rings. The van der Waals surface area contributed by atoms with Crippen molar-refractivity contribution in [1.82, 2.24) is 5.06 Å². The van der Waals surface area contributed by atoms with Crippen LogP contribution >= 0.6 is 0 Å². The Kier molecular flexibility index (Phi) is 4.38. The zero-order valence-corrected chi connectivity index (χ0v) is 11.3. The van der Waals surface area contributed by atoms with E-state index < -0.39 is 35.9 Å². The Bertz CT molecular complexity index is 384. The molecule has 1 heterocycles. The molecule has 2 atom stereocenters. The van der Waals surface area contributed by atoms with Crippen LogP contribution < -0.4 is 0 Å². The lowest BCUT2D eigenvalue weighted by molar-refractivity contribution is -0.383. The molecule has 1 amide bonds. The fraction of sp³-hybridized carbons (Fsp3) is 0.900. The predicted octanol–water partition coefficient (Wildman–Crippen LogP) is -0.231. The maximum absolute atomic E-state index is 12.7. The van der Waals surface area contributed by atoms with E-state index in [1.807, 2.05) is 0 Å². The van der Waals surface area contributed by atoms with E-state index in [2.05, 4.69) is 4.84 Å². The van der Waals surface area contributed by atoms with Gasteiger partial charge in [0.1, 0.15) is 0 Å². The number of halogens is 3. The number of nitrogens with zero attached hydrogens (tertiary/aromatic N) is 1. The molecule has 0 aromatic heterocycles. The molecule has 7 nitrogen and oxygen atoms in total. The van der Waals surface area contributed by atoms with Gasteiger partial charge in [0.25, 0.3) is 11.7 Å². The van der Waals surface area contributed by atoms with Crippen LogP contribution in [0, 0.1) is 0 Å². The van der Waals surface area contributed by atoms with Crippen LogP contribution in [0.25, 0.3) is 0 Å². The minimum absolute atomic E-state index is 0.606. The lowest BCUT2D eigenvalue weighted by Crippen LogP contribution is -2.60. The van der Waals surface area contributed by atoms with Gasteiger partial charge in [0.2, 0.25) is 0 Å². The van der Waals surface area contributed by atoms with Gasteiger partial charge in [-0.15, -0.1) is 0 Å². The van der Waals surface area contributed by atoms with E-state index >= 15 is 0 Å². The first kappa shape index (κ1) is 17.1. The van der Waals surface area contributed by atoms with Gasteiger partial charge in [-0.2, -0.15) is 13.2 Å². The Labute approximate surface area is 112 Å². The first-order chi connectivity index (χ1) is 8.83. The summed E-state index contributed by atoms with van der Waals surface area (Å²) in [6, 6.07) is 0. The fourth-order valence-electron chi connectivity index (χ4n) is 1.67. The molecule has 0 bridgehead atoms. The Morgan fingerprint density at radius 3 is 2.20 bits per heavy atom. The third-order valence-electron chi connectivity index (χ3n) is 2.74. The second kappa shape index (κ2) is 5.11. The molecule has 0 radical (unpaired) electrons. The Balaban J connectivity index is 3.12. The van der Waals surface area contributed by atoms with Gasteiger partial charge >= 0.3 is 6.18 Å². The number of alkyl halides is 3. The highest BCUT2D eigenvalue weighted by Crippen LogP contribution is 2.41. The standard InChI is InChI=1S/C10H16F3NO6/c1-8(2)19-5(7(15)14(3)18-4)6(20-8)9(16,17)10(11,12)13/h5-6,16-17H,1-4H3/t5-,6-/m1/s1. The number of hydrogen-bond acceptors (Lipinski definition) is 6. The molecule has 2 N–H and O–H groups in total. The molecule has 1 fully saturated rings. The number of likely N-dealkylation sites (N-methyl/N-ethyl adjacent to an activating group) is 1. The summed E-state index contributed by atoms with van der Waals surface area (Å²) in [4.78, 5) is 16.4. The molecule has 0 unspecified atom stereocenters. The number of rotatable bonds is 3. The zero-order valence-electron chi connectivity index (χ0n) is 11.3. The smallest absolute Gasteiger partial charge is 0.357 e. The lowest BCUT2D eigenvalue weighted by atomic mass is 10.0. The molecule has 0 aromatic carbocycles. The third kappa shape index (κ3) is 3.04. The number of hydrogen-bond donors (Lipinski definition) is 2. The highest BCUT2D eigenvalue weighted by Gasteiger charge is 2.66. The Morgan fingerprint density at radius 1 is 1.30 bits per heavy atom. The van der Waals surface area contributed by atoms with E-state index in [1.165, 1.54) is 13.8 Å². The Hall–Kier alpha value is -0.940. The largest absolute Gasteiger partial charge is 0.445 e. The summed E-state index contributed by atoms with van der Waals surface area (Å²) in [6.07, 6.45) is -9.65. The van der Waals surface area contributed by atoms with Crippen LogP contribution in [0.4, 0.5) is 13.2 Å². The van der Waals surface area contributed by atoms with E-state index in [-0.39, 0.29) is 0 Å². The summed E-state index contributed by atoms with van der Waals surface area (Å²) in [5, 5.41) is 19.1. The highest BCUT2D eigenvalue weighted by molar-refractivity contribution is 5.81. The van der Waals surface area contributed by atoms with E-state index in [4.69, 9.17) is 9.47 Å². The van der Waals surface area contributed by atoms with Crippen LogP contribution in [0.3, 0.4) is 0 Å². The van der Waals surface area contributed by atoms with Gasteiger partial charge in [-0.25, -0.2) is 5.06 Å². The SMILES string of the molecule is CON(C)C(=O)[C@@H]1OC(C)(C)O[C@H]1C(O)(O)C(F)(F)F. The van der Waals surface area contributed by atoms with Gasteiger partial charge in [-0.3, -0.25) is 9.63 Å². The minimum atomic E-state index is -5.42. The van der Waals surface area contributed by atoms with Gasteiger partial charge in [0.05, 0.1) is 7.11 Å². The maximum Gasteiger partial charge on any atom is 0.445 e. The van der Waals surface area contributed by atoms with Gasteiger partial charge in [-0.05, 0) is 13.8 Å². The molecule has 1 rings (SSSR count). The van der Waals surface area contributed by atoms with Crippen molar-refractivity contribution in [3.05, 3.63) is 0 Å². The number of amides is 1. The molecule has 1 aliphatic heterocycles. The van der Waals surface area contributed by atoms with E-state index in [0.717, 1.165) is 14.2 Å². The summed E-state index contributed by atoms with van der Waals surface area (Å²) in [6.45, 7) is 2.49. The topological polar surface area (TPSA) is 88.5 Å². The average Bonchev–Trinajstić information content (AvgIpc) is 2.62. The van der Waals surface area contributed by atoms with Gasteiger partial charge in [0, 0.05) is 7.05 Å². The monoisotopic (exact) mass is 303 g/mol. The van der Waals surface area contributed by atoms with Crippen molar-refractivity contribution in [2.24, 2.45) is 0 Å². The van der Waals surface area contributed by atoms with Crippen LogP contribution in [-0.2, 0) is 19.1 Å². The summed E-state index contributed by atoms with van der Waals surface area (Å²) >= 11 is 0. The molecule has 0 spiro atoms. The molecule has 10 heteroatoms. The first-order valence-corrected chi connectivity index (χ1v) is 5.52. The molecule has 0 saturated carbocycles. The molecule has 1 saturated heterocycles. The lowest BCUT2D eigenvalue weighted by Gasteiger charge is -2.32. The van der Waals surface area contributed by atoms with Crippen LogP contribution in [0.2, 0.25) is 0 Å². The predicted molar refractivity (Wildman–Crippen MR) is 56.8 cm³/mol. The number of carbonyl (C=O) groups excluding carboxylic acids is 1. The van der Waals surface area contributed by atoms with E-state index in [9.17, 15) is 28.2 Å². The number of aliphatic hydroxyl groups is 2. The quantitative estimate of drug-likeness (QED) is 0.553. The van der Waals surface area contributed by atoms with Crippen LogP contribution in [0.1, 0.15) is 13.8 Å². The van der Waals surface area contributed by atoms with Crippen LogP contribution in [0.15, 0.2) is 0 Å². The fourth-order valence-corrected chi connectivity index (χ4v) is 1.67. The molecule has 1 aliphatic rings. The molecule has 20 heavy (non-hydrogen) atoms. The van der Waals surface area contributed by atoms with E-state index in [1.54, 1.807) is 0 Å². The van der Waals surface area contributed by atoms with E-state index in [0.29, 0.717) is 5.06 Å².